The molecule has 6 heteroatoms. The van der Waals surface area contributed by atoms with Gasteiger partial charge in [-0.3, -0.25) is 9.59 Å². The van der Waals surface area contributed by atoms with Gasteiger partial charge in [0.1, 0.15) is 0 Å². The number of hydrogen-bond donors (Lipinski definition) is 2. The minimum atomic E-state index is -0.612. The molecule has 128 valence electrons. The molecular weight excluding hydrogens is 314 g/mol. The molecule has 2 amide bonds. The average Bonchev–Trinajstić information content (AvgIpc) is 2.54. The molecule has 2 rings (SSSR count). The van der Waals surface area contributed by atoms with E-state index in [0.29, 0.717) is 17.3 Å². The molecule has 0 bridgehead atoms. The molecule has 1 fully saturated rings. The van der Waals surface area contributed by atoms with Crippen LogP contribution in [-0.2, 0) is 4.79 Å². The first kappa shape index (κ1) is 19.5. The summed E-state index contributed by atoms with van der Waals surface area (Å²) in [5, 5.41) is 2.74. The number of rotatable bonds is 4. The van der Waals surface area contributed by atoms with Gasteiger partial charge in [0.15, 0.2) is 0 Å². The Morgan fingerprint density at radius 2 is 1.83 bits per heavy atom. The van der Waals surface area contributed by atoms with Crippen LogP contribution in [0.3, 0.4) is 0 Å². The maximum absolute atomic E-state index is 12.8. The van der Waals surface area contributed by atoms with Gasteiger partial charge in [0.2, 0.25) is 5.91 Å². The summed E-state index contributed by atoms with van der Waals surface area (Å²) in [6, 6.07) is 6.77. The number of amides is 2. The van der Waals surface area contributed by atoms with Crippen molar-refractivity contribution < 1.29 is 9.59 Å². The van der Waals surface area contributed by atoms with Gasteiger partial charge in [0.05, 0.1) is 17.3 Å². The summed E-state index contributed by atoms with van der Waals surface area (Å²) < 4.78 is 0. The number of halogens is 1. The fourth-order valence-corrected chi connectivity index (χ4v) is 2.85. The summed E-state index contributed by atoms with van der Waals surface area (Å²) in [6.07, 6.45) is 5.70. The molecule has 0 unspecified atom stereocenters. The van der Waals surface area contributed by atoms with E-state index in [9.17, 15) is 9.59 Å². The van der Waals surface area contributed by atoms with Crippen molar-refractivity contribution in [2.24, 2.45) is 5.73 Å². The summed E-state index contributed by atoms with van der Waals surface area (Å²) in [5.41, 5.74) is 6.62. The lowest BCUT2D eigenvalue weighted by Crippen LogP contribution is -2.39. The molecule has 0 heterocycles. The third-order valence-electron chi connectivity index (χ3n) is 4.27. The fraction of sp³-hybridized carbons (Fsp3) is 0.529. The second kappa shape index (κ2) is 8.89. The van der Waals surface area contributed by atoms with Crippen LogP contribution in [0.1, 0.15) is 49.4 Å². The van der Waals surface area contributed by atoms with Gasteiger partial charge in [0.25, 0.3) is 5.91 Å². The summed E-state index contributed by atoms with van der Waals surface area (Å²) in [6.45, 7) is 1.62. The predicted molar refractivity (Wildman–Crippen MR) is 94.9 cm³/mol. The van der Waals surface area contributed by atoms with Crippen LogP contribution in [0.25, 0.3) is 0 Å². The lowest BCUT2D eigenvalue weighted by molar-refractivity contribution is -0.117. The Morgan fingerprint density at radius 1 is 1.22 bits per heavy atom. The molecular formula is C17H26ClN3O2. The number of nitrogens with zero attached hydrogens (tertiary/aromatic N) is 1. The highest BCUT2D eigenvalue weighted by Crippen LogP contribution is 2.25. The highest BCUT2D eigenvalue weighted by atomic mass is 35.5. The molecule has 1 aromatic rings. The van der Waals surface area contributed by atoms with Crippen LogP contribution in [-0.4, -0.2) is 35.8 Å². The first-order chi connectivity index (χ1) is 10.5. The first-order valence-corrected chi connectivity index (χ1v) is 7.93. The lowest BCUT2D eigenvalue weighted by Gasteiger charge is -2.31. The molecule has 0 aromatic heterocycles. The van der Waals surface area contributed by atoms with E-state index in [-0.39, 0.29) is 24.2 Å². The molecule has 0 saturated heterocycles. The Morgan fingerprint density at radius 3 is 2.43 bits per heavy atom. The van der Waals surface area contributed by atoms with Crippen LogP contribution in [0.5, 0.6) is 0 Å². The number of anilines is 1. The minimum Gasteiger partial charge on any atom is -0.339 e. The molecule has 1 aromatic carbocycles. The zero-order valence-corrected chi connectivity index (χ0v) is 14.6. The fourth-order valence-electron chi connectivity index (χ4n) is 2.85. The Bertz CT molecular complexity index is 542. The monoisotopic (exact) mass is 339 g/mol. The van der Waals surface area contributed by atoms with Crippen LogP contribution in [0.2, 0.25) is 0 Å². The van der Waals surface area contributed by atoms with Crippen molar-refractivity contribution in [3.63, 3.8) is 0 Å². The Balaban J connectivity index is 0.00000264. The van der Waals surface area contributed by atoms with Gasteiger partial charge in [-0.15, -0.1) is 12.4 Å². The third-order valence-corrected chi connectivity index (χ3v) is 4.27. The number of nitrogens with one attached hydrogen (secondary N) is 1. The Labute approximate surface area is 144 Å². The second-order valence-corrected chi connectivity index (χ2v) is 6.03. The van der Waals surface area contributed by atoms with Crippen molar-refractivity contribution in [3.05, 3.63) is 29.8 Å². The largest absolute Gasteiger partial charge is 0.339 e. The molecule has 3 N–H and O–H groups in total. The number of benzene rings is 1. The average molecular weight is 340 g/mol. The van der Waals surface area contributed by atoms with Gasteiger partial charge in [0, 0.05) is 13.1 Å². The van der Waals surface area contributed by atoms with Crippen LogP contribution in [0, 0.1) is 0 Å². The normalized spacial score (nSPS) is 16.1. The molecule has 0 radical (unpaired) electrons. The molecule has 1 aliphatic rings. The zero-order chi connectivity index (χ0) is 16.1. The van der Waals surface area contributed by atoms with E-state index >= 15 is 0 Å². The quantitative estimate of drug-likeness (QED) is 0.885. The van der Waals surface area contributed by atoms with E-state index in [4.69, 9.17) is 5.73 Å². The van der Waals surface area contributed by atoms with Crippen molar-refractivity contribution in [1.29, 1.82) is 0 Å². The van der Waals surface area contributed by atoms with Crippen molar-refractivity contribution in [1.82, 2.24) is 4.90 Å². The van der Waals surface area contributed by atoms with Gasteiger partial charge in [-0.1, -0.05) is 31.4 Å². The number of carbonyl (C=O) groups excluding carboxylic acids is 2. The summed E-state index contributed by atoms with van der Waals surface area (Å²) in [4.78, 5) is 26.4. The highest BCUT2D eigenvalue weighted by molar-refractivity contribution is 6.04. The van der Waals surface area contributed by atoms with Gasteiger partial charge in [-0.05, 0) is 31.9 Å². The van der Waals surface area contributed by atoms with Gasteiger partial charge in [-0.2, -0.15) is 0 Å². The number of para-hydroxylation sites is 1. The van der Waals surface area contributed by atoms with E-state index in [1.807, 2.05) is 18.0 Å². The van der Waals surface area contributed by atoms with E-state index in [0.717, 1.165) is 12.8 Å². The summed E-state index contributed by atoms with van der Waals surface area (Å²) in [7, 11) is 1.85. The molecule has 0 spiro atoms. The standard InChI is InChI=1S/C17H25N3O2.ClH/c1-12(18)16(21)19-15-11-7-6-10-14(15)17(22)20(2)13-8-4-3-5-9-13;/h6-7,10-13H,3-5,8-9,18H2,1-2H3,(H,19,21);1H/t12-;/m0./s1. The smallest absolute Gasteiger partial charge is 0.255 e. The first-order valence-electron chi connectivity index (χ1n) is 7.93. The summed E-state index contributed by atoms with van der Waals surface area (Å²) >= 11 is 0. The topological polar surface area (TPSA) is 75.4 Å². The molecule has 5 nitrogen and oxygen atoms in total. The maximum atomic E-state index is 12.8. The molecule has 23 heavy (non-hydrogen) atoms. The van der Waals surface area contributed by atoms with E-state index in [1.54, 1.807) is 25.1 Å². The zero-order valence-electron chi connectivity index (χ0n) is 13.7. The van der Waals surface area contributed by atoms with E-state index in [1.165, 1.54) is 19.3 Å². The molecule has 1 saturated carbocycles. The molecule has 0 aliphatic heterocycles. The van der Waals surface area contributed by atoms with Gasteiger partial charge < -0.3 is 16.0 Å². The molecule has 1 atom stereocenters. The van der Waals surface area contributed by atoms with Crippen LogP contribution >= 0.6 is 12.4 Å². The molecule has 1 aliphatic carbocycles. The number of hydrogen-bond acceptors (Lipinski definition) is 3. The van der Waals surface area contributed by atoms with Crippen molar-refractivity contribution in [2.45, 2.75) is 51.1 Å². The third kappa shape index (κ3) is 4.94. The SMILES string of the molecule is C[C@H](N)C(=O)Nc1ccccc1C(=O)N(C)C1CCCCC1.Cl. The van der Waals surface area contributed by atoms with Gasteiger partial charge >= 0.3 is 0 Å². The van der Waals surface area contributed by atoms with E-state index < -0.39 is 6.04 Å². The number of carbonyl (C=O) groups is 2. The van der Waals surface area contributed by atoms with Gasteiger partial charge in [-0.25, -0.2) is 0 Å². The summed E-state index contributed by atoms with van der Waals surface area (Å²) in [5.74, 6) is -0.340. The van der Waals surface area contributed by atoms with Crippen molar-refractivity contribution in [3.8, 4) is 0 Å². The van der Waals surface area contributed by atoms with Crippen LogP contribution < -0.4 is 11.1 Å². The van der Waals surface area contributed by atoms with E-state index in [2.05, 4.69) is 5.32 Å². The lowest BCUT2D eigenvalue weighted by atomic mass is 9.94. The maximum Gasteiger partial charge on any atom is 0.255 e. The van der Waals surface area contributed by atoms with Crippen molar-refractivity contribution >= 4 is 29.9 Å². The number of nitrogens with two attached hydrogens (primary N) is 1. The Hall–Kier alpha value is -1.59. The van der Waals surface area contributed by atoms with Crippen molar-refractivity contribution in [2.75, 3.05) is 12.4 Å². The predicted octanol–water partition coefficient (Wildman–Crippen LogP) is 2.80. The van der Waals surface area contributed by atoms with Crippen LogP contribution in [0.4, 0.5) is 5.69 Å². The van der Waals surface area contributed by atoms with Crippen LogP contribution in [0.15, 0.2) is 24.3 Å². The minimum absolute atomic E-state index is 0. The Kier molecular flexibility index (Phi) is 7.52. The highest BCUT2D eigenvalue weighted by Gasteiger charge is 2.25. The second-order valence-electron chi connectivity index (χ2n) is 6.03.